The zero-order valence-corrected chi connectivity index (χ0v) is 12.5. The van der Waals surface area contributed by atoms with Crippen molar-refractivity contribution in [1.82, 2.24) is 10.2 Å². The third-order valence-corrected chi connectivity index (χ3v) is 5.61. The zero-order valence-electron chi connectivity index (χ0n) is 11.7. The fourth-order valence-corrected chi connectivity index (χ4v) is 4.36. The predicted octanol–water partition coefficient (Wildman–Crippen LogP) is 2.90. The lowest BCUT2D eigenvalue weighted by atomic mass is 10.1. The molecule has 2 fully saturated rings. The van der Waals surface area contributed by atoms with Crippen molar-refractivity contribution in [2.24, 2.45) is 0 Å². The van der Waals surface area contributed by atoms with Crippen molar-refractivity contribution >= 4 is 11.8 Å². The molecular weight excluding hydrogens is 256 g/mol. The predicted molar refractivity (Wildman–Crippen MR) is 80.6 cm³/mol. The highest BCUT2D eigenvalue weighted by atomic mass is 32.2. The van der Waals surface area contributed by atoms with Crippen LogP contribution in [0.3, 0.4) is 0 Å². The second kappa shape index (κ2) is 6.33. The molecule has 0 aliphatic carbocycles. The number of furan rings is 1. The molecule has 0 bridgehead atoms. The number of hydrogen-bond acceptors (Lipinski definition) is 4. The molecule has 3 rings (SSSR count). The first kappa shape index (κ1) is 13.5. The molecule has 1 N–H and O–H groups in total. The summed E-state index contributed by atoms with van der Waals surface area (Å²) in [6.07, 6.45) is 5.75. The van der Waals surface area contributed by atoms with Crippen LogP contribution in [0.15, 0.2) is 22.8 Å². The second-order valence-corrected chi connectivity index (χ2v) is 7.23. The van der Waals surface area contributed by atoms with Crippen molar-refractivity contribution in [2.45, 2.75) is 43.5 Å². The van der Waals surface area contributed by atoms with Crippen LogP contribution in [0.25, 0.3) is 0 Å². The summed E-state index contributed by atoms with van der Waals surface area (Å²) < 4.78 is 5.66. The van der Waals surface area contributed by atoms with Crippen molar-refractivity contribution in [3.8, 4) is 0 Å². The standard InChI is InChI=1S/C15H24N2OS/c1-12-9-13(11-19-12)16-10-14(15-5-4-8-18-15)17-6-2-3-7-17/h4-5,8,12-14,16H,2-3,6-7,9-11H2,1H3. The Morgan fingerprint density at radius 1 is 1.47 bits per heavy atom. The number of likely N-dealkylation sites (tertiary alicyclic amines) is 1. The Hall–Kier alpha value is -0.450. The molecule has 2 saturated heterocycles. The smallest absolute Gasteiger partial charge is 0.122 e. The summed E-state index contributed by atoms with van der Waals surface area (Å²) in [4.78, 5) is 2.57. The van der Waals surface area contributed by atoms with Crippen LogP contribution in [0.2, 0.25) is 0 Å². The first-order valence-electron chi connectivity index (χ1n) is 7.45. The molecule has 2 aliphatic rings. The highest BCUT2D eigenvalue weighted by molar-refractivity contribution is 8.00. The van der Waals surface area contributed by atoms with Crippen LogP contribution in [-0.4, -0.2) is 41.6 Å². The van der Waals surface area contributed by atoms with Gasteiger partial charge in [0, 0.05) is 23.6 Å². The molecule has 0 amide bonds. The summed E-state index contributed by atoms with van der Waals surface area (Å²) in [5.74, 6) is 2.37. The van der Waals surface area contributed by atoms with Gasteiger partial charge in [0.15, 0.2) is 0 Å². The zero-order chi connectivity index (χ0) is 13.1. The van der Waals surface area contributed by atoms with Crippen LogP contribution in [0.4, 0.5) is 0 Å². The minimum atomic E-state index is 0.415. The first-order valence-corrected chi connectivity index (χ1v) is 8.50. The third kappa shape index (κ3) is 3.36. The summed E-state index contributed by atoms with van der Waals surface area (Å²) in [6, 6.07) is 5.22. The SMILES string of the molecule is CC1CC(NCC(c2ccco2)N2CCCC2)CS1. The monoisotopic (exact) mass is 280 g/mol. The summed E-state index contributed by atoms with van der Waals surface area (Å²) >= 11 is 2.09. The van der Waals surface area contributed by atoms with Gasteiger partial charge in [-0.3, -0.25) is 4.90 Å². The maximum absolute atomic E-state index is 5.66. The molecule has 0 aromatic carbocycles. The maximum Gasteiger partial charge on any atom is 0.122 e. The van der Waals surface area contributed by atoms with Crippen molar-refractivity contribution in [3.05, 3.63) is 24.2 Å². The molecule has 3 heterocycles. The van der Waals surface area contributed by atoms with Gasteiger partial charge in [-0.2, -0.15) is 11.8 Å². The van der Waals surface area contributed by atoms with Crippen LogP contribution in [-0.2, 0) is 0 Å². The molecule has 4 heteroatoms. The van der Waals surface area contributed by atoms with E-state index in [0.717, 1.165) is 17.6 Å². The lowest BCUT2D eigenvalue weighted by Gasteiger charge is -2.27. The highest BCUT2D eigenvalue weighted by Crippen LogP contribution is 2.28. The van der Waals surface area contributed by atoms with Gasteiger partial charge in [0.05, 0.1) is 12.3 Å². The Labute approximate surface area is 120 Å². The van der Waals surface area contributed by atoms with Gasteiger partial charge in [-0.25, -0.2) is 0 Å². The van der Waals surface area contributed by atoms with Gasteiger partial charge in [0.1, 0.15) is 5.76 Å². The van der Waals surface area contributed by atoms with E-state index in [1.54, 1.807) is 6.26 Å². The third-order valence-electron chi connectivity index (χ3n) is 4.25. The molecule has 1 aromatic heterocycles. The molecule has 3 nitrogen and oxygen atoms in total. The number of nitrogens with one attached hydrogen (secondary N) is 1. The van der Waals surface area contributed by atoms with Crippen LogP contribution < -0.4 is 5.32 Å². The van der Waals surface area contributed by atoms with Gasteiger partial charge >= 0.3 is 0 Å². The van der Waals surface area contributed by atoms with Crippen LogP contribution in [0.1, 0.15) is 38.0 Å². The lowest BCUT2D eigenvalue weighted by molar-refractivity contribution is 0.205. The van der Waals surface area contributed by atoms with Gasteiger partial charge in [-0.1, -0.05) is 6.92 Å². The molecule has 106 valence electrons. The van der Waals surface area contributed by atoms with Crippen molar-refractivity contribution in [2.75, 3.05) is 25.4 Å². The Morgan fingerprint density at radius 2 is 2.32 bits per heavy atom. The molecule has 1 aromatic rings. The minimum Gasteiger partial charge on any atom is -0.468 e. The Kier molecular flexibility index (Phi) is 4.51. The van der Waals surface area contributed by atoms with Gasteiger partial charge in [-0.15, -0.1) is 0 Å². The molecule has 0 spiro atoms. The summed E-state index contributed by atoms with van der Waals surface area (Å²) in [6.45, 7) is 5.77. The van der Waals surface area contributed by atoms with E-state index in [-0.39, 0.29) is 0 Å². The first-order chi connectivity index (χ1) is 9.33. The van der Waals surface area contributed by atoms with E-state index < -0.39 is 0 Å². The van der Waals surface area contributed by atoms with E-state index in [4.69, 9.17) is 4.42 Å². The van der Waals surface area contributed by atoms with Gasteiger partial charge in [-0.05, 0) is 44.5 Å². The van der Waals surface area contributed by atoms with Crippen molar-refractivity contribution < 1.29 is 4.42 Å². The minimum absolute atomic E-state index is 0.415. The molecule has 3 atom stereocenters. The quantitative estimate of drug-likeness (QED) is 0.898. The molecule has 0 saturated carbocycles. The maximum atomic E-state index is 5.66. The highest BCUT2D eigenvalue weighted by Gasteiger charge is 2.28. The fraction of sp³-hybridized carbons (Fsp3) is 0.733. The van der Waals surface area contributed by atoms with Crippen LogP contribution >= 0.6 is 11.8 Å². The van der Waals surface area contributed by atoms with E-state index in [2.05, 4.69) is 35.0 Å². The number of nitrogens with zero attached hydrogens (tertiary/aromatic N) is 1. The van der Waals surface area contributed by atoms with E-state index in [9.17, 15) is 0 Å². The largest absolute Gasteiger partial charge is 0.468 e. The Balaban J connectivity index is 1.59. The van der Waals surface area contributed by atoms with E-state index in [1.807, 2.05) is 6.07 Å². The van der Waals surface area contributed by atoms with E-state index >= 15 is 0 Å². The van der Waals surface area contributed by atoms with Gasteiger partial charge < -0.3 is 9.73 Å². The van der Waals surface area contributed by atoms with Gasteiger partial charge in [0.25, 0.3) is 0 Å². The average molecular weight is 280 g/mol. The second-order valence-electron chi connectivity index (χ2n) is 5.76. The van der Waals surface area contributed by atoms with Crippen LogP contribution in [0.5, 0.6) is 0 Å². The summed E-state index contributed by atoms with van der Waals surface area (Å²) in [5, 5.41) is 4.57. The Bertz CT molecular complexity index is 376. The van der Waals surface area contributed by atoms with Crippen molar-refractivity contribution in [3.63, 3.8) is 0 Å². The number of rotatable bonds is 5. The topological polar surface area (TPSA) is 28.4 Å². The number of hydrogen-bond donors (Lipinski definition) is 1. The number of thioether (sulfide) groups is 1. The molecular formula is C15H24N2OS. The van der Waals surface area contributed by atoms with Crippen LogP contribution in [0, 0.1) is 0 Å². The lowest BCUT2D eigenvalue weighted by Crippen LogP contribution is -2.38. The van der Waals surface area contributed by atoms with E-state index in [0.29, 0.717) is 12.1 Å². The summed E-state index contributed by atoms with van der Waals surface area (Å²) in [7, 11) is 0. The molecule has 3 unspecified atom stereocenters. The molecule has 0 radical (unpaired) electrons. The van der Waals surface area contributed by atoms with Crippen molar-refractivity contribution in [1.29, 1.82) is 0 Å². The molecule has 19 heavy (non-hydrogen) atoms. The average Bonchev–Trinajstić information content (AvgIpc) is 3.11. The Morgan fingerprint density at radius 3 is 2.95 bits per heavy atom. The summed E-state index contributed by atoms with van der Waals surface area (Å²) in [5.41, 5.74) is 0. The normalized spacial score (nSPS) is 29.9. The fourth-order valence-electron chi connectivity index (χ4n) is 3.18. The van der Waals surface area contributed by atoms with E-state index in [1.165, 1.54) is 38.1 Å². The van der Waals surface area contributed by atoms with Gasteiger partial charge in [0.2, 0.25) is 0 Å². The molecule has 2 aliphatic heterocycles.